The van der Waals surface area contributed by atoms with E-state index < -0.39 is 0 Å². The van der Waals surface area contributed by atoms with Crippen LogP contribution in [0.5, 0.6) is 0 Å². The van der Waals surface area contributed by atoms with Crippen LogP contribution < -0.4 is 10.2 Å². The number of anilines is 2. The summed E-state index contributed by atoms with van der Waals surface area (Å²) in [5.41, 5.74) is 2.32. The molecule has 4 heteroatoms. The predicted molar refractivity (Wildman–Crippen MR) is 88.6 cm³/mol. The Hall–Kier alpha value is -1.29. The second-order valence-electron chi connectivity index (χ2n) is 6.00. The number of nitrogens with one attached hydrogen (secondary N) is 1. The van der Waals surface area contributed by atoms with Gasteiger partial charge in [-0.1, -0.05) is 20.8 Å². The molecule has 0 unspecified atom stereocenters. The lowest BCUT2D eigenvalue weighted by atomic mass is 10.2. The van der Waals surface area contributed by atoms with E-state index >= 15 is 0 Å². The molecule has 1 rings (SSSR count). The Balaban J connectivity index is 2.77. The zero-order chi connectivity index (χ0) is 15.0. The number of likely N-dealkylation sites (N-methyl/N-ethyl adjacent to an activating group) is 1. The van der Waals surface area contributed by atoms with Crippen LogP contribution in [0.4, 0.5) is 11.4 Å². The van der Waals surface area contributed by atoms with Crippen molar-refractivity contribution in [2.45, 2.75) is 27.2 Å². The van der Waals surface area contributed by atoms with Crippen LogP contribution in [0.3, 0.4) is 0 Å². The lowest BCUT2D eigenvalue weighted by Crippen LogP contribution is -2.34. The third-order valence-corrected chi connectivity index (χ3v) is 3.07. The Morgan fingerprint density at radius 1 is 1.20 bits per heavy atom. The molecule has 0 radical (unpaired) electrons. The molecular weight excluding hydrogens is 248 g/mol. The monoisotopic (exact) mass is 278 g/mol. The van der Waals surface area contributed by atoms with E-state index in [4.69, 9.17) is 0 Å². The van der Waals surface area contributed by atoms with Crippen LogP contribution >= 0.6 is 0 Å². The lowest BCUT2D eigenvalue weighted by molar-refractivity contribution is 0.409. The van der Waals surface area contributed by atoms with Gasteiger partial charge in [0.2, 0.25) is 0 Å². The fourth-order valence-corrected chi connectivity index (χ4v) is 2.05. The van der Waals surface area contributed by atoms with E-state index in [9.17, 15) is 0 Å². The molecule has 4 nitrogen and oxygen atoms in total. The largest absolute Gasteiger partial charge is 0.384 e. The third kappa shape index (κ3) is 6.24. The van der Waals surface area contributed by atoms with Gasteiger partial charge in [-0.3, -0.25) is 4.98 Å². The summed E-state index contributed by atoms with van der Waals surface area (Å²) in [6.45, 7) is 10.8. The van der Waals surface area contributed by atoms with E-state index in [1.165, 1.54) is 5.69 Å². The molecule has 0 saturated heterocycles. The lowest BCUT2D eigenvalue weighted by Gasteiger charge is -2.28. The van der Waals surface area contributed by atoms with Gasteiger partial charge in [0.05, 0.1) is 23.8 Å². The smallest absolute Gasteiger partial charge is 0.0574 e. The fourth-order valence-electron chi connectivity index (χ4n) is 2.05. The normalized spacial score (nSPS) is 11.2. The number of rotatable bonds is 9. The molecule has 1 heterocycles. The number of nitrogens with zero attached hydrogens (tertiary/aromatic N) is 3. The second-order valence-corrected chi connectivity index (χ2v) is 6.00. The number of aromatic nitrogens is 1. The quantitative estimate of drug-likeness (QED) is 0.752. The van der Waals surface area contributed by atoms with Gasteiger partial charge in [-0.05, 0) is 32.5 Å². The minimum absolute atomic E-state index is 0.643. The van der Waals surface area contributed by atoms with Crippen molar-refractivity contribution in [3.05, 3.63) is 18.5 Å². The van der Waals surface area contributed by atoms with Crippen LogP contribution in [-0.4, -0.2) is 50.2 Å². The number of pyridine rings is 1. The Morgan fingerprint density at radius 2 is 1.95 bits per heavy atom. The van der Waals surface area contributed by atoms with E-state index in [-0.39, 0.29) is 0 Å². The van der Waals surface area contributed by atoms with Crippen molar-refractivity contribution in [2.75, 3.05) is 50.5 Å². The zero-order valence-corrected chi connectivity index (χ0v) is 13.7. The highest BCUT2D eigenvalue weighted by Gasteiger charge is 2.10. The van der Waals surface area contributed by atoms with Crippen molar-refractivity contribution in [3.8, 4) is 0 Å². The molecule has 1 aromatic heterocycles. The van der Waals surface area contributed by atoms with Crippen molar-refractivity contribution in [2.24, 2.45) is 5.92 Å². The maximum atomic E-state index is 4.38. The van der Waals surface area contributed by atoms with Gasteiger partial charge in [0.15, 0.2) is 0 Å². The van der Waals surface area contributed by atoms with Crippen LogP contribution in [0.2, 0.25) is 0 Å². The van der Waals surface area contributed by atoms with Crippen LogP contribution in [0, 0.1) is 5.92 Å². The zero-order valence-electron chi connectivity index (χ0n) is 13.7. The standard InChI is InChI=1S/C16H30N4/c1-6-7-18-15-10-16(12-17-11-15)20(13-14(2)3)9-8-19(4)5/h10-12,14,18H,6-9,13H2,1-5H3. The Morgan fingerprint density at radius 3 is 2.55 bits per heavy atom. The molecule has 0 atom stereocenters. The molecule has 0 spiro atoms. The fraction of sp³-hybridized carbons (Fsp3) is 0.688. The first-order chi connectivity index (χ1) is 9.52. The molecule has 0 saturated carbocycles. The molecular formula is C16H30N4. The average Bonchev–Trinajstić information content (AvgIpc) is 2.41. The molecule has 114 valence electrons. The van der Waals surface area contributed by atoms with Gasteiger partial charge in [-0.25, -0.2) is 0 Å². The minimum Gasteiger partial charge on any atom is -0.384 e. The summed E-state index contributed by atoms with van der Waals surface area (Å²) in [6.07, 6.45) is 4.99. The van der Waals surface area contributed by atoms with Gasteiger partial charge in [0.1, 0.15) is 0 Å². The molecule has 0 aliphatic rings. The van der Waals surface area contributed by atoms with Crippen LogP contribution in [0.25, 0.3) is 0 Å². The van der Waals surface area contributed by atoms with Crippen molar-refractivity contribution in [1.29, 1.82) is 0 Å². The van der Waals surface area contributed by atoms with E-state index in [0.29, 0.717) is 5.92 Å². The van der Waals surface area contributed by atoms with Gasteiger partial charge in [0, 0.05) is 26.2 Å². The van der Waals surface area contributed by atoms with E-state index in [1.54, 1.807) is 0 Å². The molecule has 0 aromatic carbocycles. The van der Waals surface area contributed by atoms with Crippen molar-refractivity contribution in [3.63, 3.8) is 0 Å². The molecule has 1 aromatic rings. The summed E-state index contributed by atoms with van der Waals surface area (Å²) in [4.78, 5) is 9.02. The highest BCUT2D eigenvalue weighted by Crippen LogP contribution is 2.19. The maximum absolute atomic E-state index is 4.38. The van der Waals surface area contributed by atoms with Crippen molar-refractivity contribution in [1.82, 2.24) is 9.88 Å². The number of hydrogen-bond donors (Lipinski definition) is 1. The topological polar surface area (TPSA) is 31.4 Å². The molecule has 20 heavy (non-hydrogen) atoms. The Bertz CT molecular complexity index is 376. The third-order valence-electron chi connectivity index (χ3n) is 3.07. The van der Waals surface area contributed by atoms with E-state index in [0.717, 1.165) is 38.3 Å². The minimum atomic E-state index is 0.643. The SMILES string of the molecule is CCCNc1cncc(N(CCN(C)C)CC(C)C)c1. The van der Waals surface area contributed by atoms with E-state index in [1.807, 2.05) is 12.4 Å². The first-order valence-electron chi connectivity index (χ1n) is 7.61. The van der Waals surface area contributed by atoms with Gasteiger partial charge in [0.25, 0.3) is 0 Å². The van der Waals surface area contributed by atoms with Gasteiger partial charge < -0.3 is 15.1 Å². The first-order valence-corrected chi connectivity index (χ1v) is 7.61. The summed E-state index contributed by atoms with van der Waals surface area (Å²) >= 11 is 0. The van der Waals surface area contributed by atoms with Gasteiger partial charge in [-0.2, -0.15) is 0 Å². The average molecular weight is 278 g/mol. The van der Waals surface area contributed by atoms with Crippen LogP contribution in [0.1, 0.15) is 27.2 Å². The molecule has 0 bridgehead atoms. The highest BCUT2D eigenvalue weighted by atomic mass is 15.2. The molecule has 0 fully saturated rings. The molecule has 0 aliphatic heterocycles. The predicted octanol–water partition coefficient (Wildman–Crippen LogP) is 2.93. The second kappa shape index (κ2) is 8.80. The number of hydrogen-bond acceptors (Lipinski definition) is 4. The highest BCUT2D eigenvalue weighted by molar-refractivity contribution is 5.55. The summed E-state index contributed by atoms with van der Waals surface area (Å²) < 4.78 is 0. The molecule has 0 aliphatic carbocycles. The van der Waals surface area contributed by atoms with Crippen molar-refractivity contribution >= 4 is 11.4 Å². The summed E-state index contributed by atoms with van der Waals surface area (Å²) in [7, 11) is 4.23. The Kier molecular flexibility index (Phi) is 7.37. The summed E-state index contributed by atoms with van der Waals surface area (Å²) in [5.74, 6) is 0.643. The van der Waals surface area contributed by atoms with Gasteiger partial charge >= 0.3 is 0 Å². The van der Waals surface area contributed by atoms with Crippen molar-refractivity contribution < 1.29 is 0 Å². The molecule has 1 N–H and O–H groups in total. The first kappa shape index (κ1) is 16.8. The molecule has 0 amide bonds. The van der Waals surface area contributed by atoms with Gasteiger partial charge in [-0.15, -0.1) is 0 Å². The van der Waals surface area contributed by atoms with Crippen LogP contribution in [-0.2, 0) is 0 Å². The van der Waals surface area contributed by atoms with Crippen LogP contribution in [0.15, 0.2) is 18.5 Å². The maximum Gasteiger partial charge on any atom is 0.0574 e. The van der Waals surface area contributed by atoms with E-state index in [2.05, 4.69) is 61.0 Å². The Labute approximate surface area is 124 Å². The summed E-state index contributed by atoms with van der Waals surface area (Å²) in [6, 6.07) is 2.21. The summed E-state index contributed by atoms with van der Waals surface area (Å²) in [5, 5.41) is 3.41.